The SMILES string of the molecule is COc1cc(O)c2c(=O)oc(C[C@@H](O)C(Cl)(Cl)[C@H](C)O)cc2c1. The van der Waals surface area contributed by atoms with Crippen LogP contribution in [0.4, 0.5) is 0 Å². The van der Waals surface area contributed by atoms with Crippen molar-refractivity contribution >= 4 is 34.0 Å². The molecule has 2 rings (SSSR count). The molecule has 0 radical (unpaired) electrons. The molecule has 2 atom stereocenters. The highest BCUT2D eigenvalue weighted by atomic mass is 35.5. The summed E-state index contributed by atoms with van der Waals surface area (Å²) >= 11 is 11.8. The van der Waals surface area contributed by atoms with E-state index in [1.807, 2.05) is 0 Å². The standard InChI is InChI=1S/C15H16Cl2O6/c1-7(18)15(16,17)12(20)6-10-4-8-3-9(22-2)5-11(19)13(8)14(21)23-10/h3-5,7,12,18-20H,6H2,1-2H3/t7-,12+/m0/s1. The van der Waals surface area contributed by atoms with Crippen molar-refractivity contribution in [2.24, 2.45) is 0 Å². The quantitative estimate of drug-likeness (QED) is 0.703. The van der Waals surface area contributed by atoms with E-state index >= 15 is 0 Å². The lowest BCUT2D eigenvalue weighted by molar-refractivity contribution is 0.0747. The number of aliphatic hydroxyl groups excluding tert-OH is 2. The molecule has 0 aliphatic rings. The second-order valence-electron chi connectivity index (χ2n) is 5.18. The minimum atomic E-state index is -1.82. The van der Waals surface area contributed by atoms with Crippen molar-refractivity contribution in [3.05, 3.63) is 34.4 Å². The zero-order chi connectivity index (χ0) is 17.4. The van der Waals surface area contributed by atoms with Gasteiger partial charge in [0.1, 0.15) is 22.6 Å². The fourth-order valence-corrected chi connectivity index (χ4v) is 2.31. The molecule has 23 heavy (non-hydrogen) atoms. The van der Waals surface area contributed by atoms with Crippen LogP contribution in [0.25, 0.3) is 10.8 Å². The molecular formula is C15H16Cl2O6. The Balaban J connectivity index is 2.45. The Hall–Kier alpha value is -1.47. The lowest BCUT2D eigenvalue weighted by atomic mass is 10.0. The van der Waals surface area contributed by atoms with E-state index in [1.165, 1.54) is 26.2 Å². The van der Waals surface area contributed by atoms with Gasteiger partial charge < -0.3 is 24.5 Å². The van der Waals surface area contributed by atoms with Crippen molar-refractivity contribution in [3.8, 4) is 11.5 Å². The molecule has 8 heteroatoms. The van der Waals surface area contributed by atoms with Crippen molar-refractivity contribution in [1.82, 2.24) is 0 Å². The lowest BCUT2D eigenvalue weighted by Crippen LogP contribution is -2.42. The second-order valence-corrected chi connectivity index (χ2v) is 6.63. The molecule has 0 bridgehead atoms. The van der Waals surface area contributed by atoms with Crippen LogP contribution in [0.5, 0.6) is 11.5 Å². The van der Waals surface area contributed by atoms with Gasteiger partial charge in [-0.05, 0) is 24.4 Å². The third kappa shape index (κ3) is 3.55. The van der Waals surface area contributed by atoms with Crippen LogP contribution < -0.4 is 10.4 Å². The van der Waals surface area contributed by atoms with Gasteiger partial charge in [0.25, 0.3) is 0 Å². The molecule has 3 N–H and O–H groups in total. The molecule has 0 spiro atoms. The maximum absolute atomic E-state index is 12.0. The molecular weight excluding hydrogens is 347 g/mol. The molecule has 0 amide bonds. The van der Waals surface area contributed by atoms with E-state index in [-0.39, 0.29) is 23.3 Å². The lowest BCUT2D eigenvalue weighted by Gasteiger charge is -2.27. The van der Waals surface area contributed by atoms with Crippen molar-refractivity contribution in [2.75, 3.05) is 7.11 Å². The number of ether oxygens (including phenoxy) is 1. The van der Waals surface area contributed by atoms with Crippen molar-refractivity contribution < 1.29 is 24.5 Å². The van der Waals surface area contributed by atoms with Crippen LogP contribution in [0.1, 0.15) is 12.7 Å². The number of aliphatic hydroxyl groups is 2. The smallest absolute Gasteiger partial charge is 0.347 e. The zero-order valence-electron chi connectivity index (χ0n) is 12.4. The van der Waals surface area contributed by atoms with Crippen LogP contribution in [-0.2, 0) is 6.42 Å². The van der Waals surface area contributed by atoms with Crippen LogP contribution in [-0.4, -0.2) is 39.0 Å². The molecule has 6 nitrogen and oxygen atoms in total. The molecule has 0 saturated carbocycles. The molecule has 126 valence electrons. The highest BCUT2D eigenvalue weighted by molar-refractivity contribution is 6.49. The first-order valence-corrected chi connectivity index (χ1v) is 7.50. The number of phenolic OH excluding ortho intramolecular Hbond substituents is 1. The number of aromatic hydroxyl groups is 1. The van der Waals surface area contributed by atoms with Crippen molar-refractivity contribution in [1.29, 1.82) is 0 Å². The minimum absolute atomic E-state index is 0.00239. The number of hydrogen-bond acceptors (Lipinski definition) is 6. The predicted octanol–water partition coefficient (Wildman–Crippen LogP) is 1.97. The first-order chi connectivity index (χ1) is 10.7. The summed E-state index contributed by atoms with van der Waals surface area (Å²) in [4.78, 5) is 12.0. The Kier molecular flexibility index (Phi) is 5.10. The maximum atomic E-state index is 12.0. The van der Waals surface area contributed by atoms with Crippen molar-refractivity contribution in [3.63, 3.8) is 0 Å². The molecule has 2 aromatic rings. The number of hydrogen-bond donors (Lipinski definition) is 3. The summed E-state index contributed by atoms with van der Waals surface area (Å²) in [5, 5.41) is 29.8. The third-order valence-electron chi connectivity index (χ3n) is 3.50. The second kappa shape index (κ2) is 6.57. The Bertz CT molecular complexity index is 768. The molecule has 0 aliphatic carbocycles. The molecule has 1 aromatic heterocycles. The average Bonchev–Trinajstić information content (AvgIpc) is 2.45. The zero-order valence-corrected chi connectivity index (χ0v) is 13.9. The molecule has 1 heterocycles. The Labute approximate surface area is 141 Å². The predicted molar refractivity (Wildman–Crippen MR) is 86.5 cm³/mol. The van der Waals surface area contributed by atoms with E-state index in [0.29, 0.717) is 11.1 Å². The summed E-state index contributed by atoms with van der Waals surface area (Å²) in [6.45, 7) is 1.34. The number of phenols is 1. The molecule has 0 saturated heterocycles. The Morgan fingerprint density at radius 3 is 2.52 bits per heavy atom. The van der Waals surface area contributed by atoms with Gasteiger partial charge >= 0.3 is 5.63 Å². The summed E-state index contributed by atoms with van der Waals surface area (Å²) in [5.74, 6) is 0.197. The summed E-state index contributed by atoms with van der Waals surface area (Å²) in [6.07, 6.45) is -2.76. The third-order valence-corrected chi connectivity index (χ3v) is 4.63. The van der Waals surface area contributed by atoms with E-state index in [9.17, 15) is 20.1 Å². The Morgan fingerprint density at radius 2 is 1.96 bits per heavy atom. The summed E-state index contributed by atoms with van der Waals surface area (Å²) < 4.78 is 8.29. The minimum Gasteiger partial charge on any atom is -0.507 e. The number of benzene rings is 1. The van der Waals surface area contributed by atoms with Crippen LogP contribution >= 0.6 is 23.2 Å². The number of rotatable bonds is 5. The molecule has 0 unspecified atom stereocenters. The maximum Gasteiger partial charge on any atom is 0.347 e. The van der Waals surface area contributed by atoms with E-state index in [2.05, 4.69) is 0 Å². The van der Waals surface area contributed by atoms with E-state index in [1.54, 1.807) is 6.07 Å². The Morgan fingerprint density at radius 1 is 1.30 bits per heavy atom. The molecule has 1 aromatic carbocycles. The number of methoxy groups -OCH3 is 1. The highest BCUT2D eigenvalue weighted by Crippen LogP contribution is 2.33. The monoisotopic (exact) mass is 362 g/mol. The van der Waals surface area contributed by atoms with Crippen LogP contribution in [0.15, 0.2) is 27.4 Å². The van der Waals surface area contributed by atoms with Crippen LogP contribution in [0.2, 0.25) is 0 Å². The van der Waals surface area contributed by atoms with Gasteiger partial charge in [0.15, 0.2) is 4.33 Å². The van der Waals surface area contributed by atoms with Gasteiger partial charge in [0.2, 0.25) is 0 Å². The van der Waals surface area contributed by atoms with Gasteiger partial charge in [-0.15, -0.1) is 0 Å². The fourth-order valence-electron chi connectivity index (χ4n) is 2.15. The summed E-state index contributed by atoms with van der Waals surface area (Å²) in [5.41, 5.74) is -0.767. The highest BCUT2D eigenvalue weighted by Gasteiger charge is 2.39. The largest absolute Gasteiger partial charge is 0.507 e. The van der Waals surface area contributed by atoms with E-state index in [0.717, 1.165) is 0 Å². The summed E-state index contributed by atoms with van der Waals surface area (Å²) in [7, 11) is 1.43. The van der Waals surface area contributed by atoms with Gasteiger partial charge in [0, 0.05) is 12.5 Å². The van der Waals surface area contributed by atoms with Gasteiger partial charge in [-0.1, -0.05) is 23.2 Å². The first-order valence-electron chi connectivity index (χ1n) is 6.74. The van der Waals surface area contributed by atoms with E-state index in [4.69, 9.17) is 32.4 Å². The number of halogens is 2. The number of alkyl halides is 2. The van der Waals surface area contributed by atoms with E-state index < -0.39 is 22.2 Å². The number of fused-ring (bicyclic) bond motifs is 1. The molecule has 0 fully saturated rings. The van der Waals surface area contributed by atoms with Crippen molar-refractivity contribution in [2.45, 2.75) is 29.9 Å². The first kappa shape index (κ1) is 17.9. The fraction of sp³-hybridized carbons (Fsp3) is 0.400. The summed E-state index contributed by atoms with van der Waals surface area (Å²) in [6, 6.07) is 4.31. The van der Waals surface area contributed by atoms with Crippen LogP contribution in [0.3, 0.4) is 0 Å². The van der Waals surface area contributed by atoms with Gasteiger partial charge in [0.05, 0.1) is 19.3 Å². The van der Waals surface area contributed by atoms with Gasteiger partial charge in [-0.2, -0.15) is 0 Å². The van der Waals surface area contributed by atoms with Gasteiger partial charge in [-0.3, -0.25) is 0 Å². The van der Waals surface area contributed by atoms with Gasteiger partial charge in [-0.25, -0.2) is 4.79 Å². The normalized spacial score (nSPS) is 14.7. The van der Waals surface area contributed by atoms with Crippen LogP contribution in [0, 0.1) is 0 Å². The average molecular weight is 363 g/mol. The topological polar surface area (TPSA) is 100 Å². The molecule has 0 aliphatic heterocycles.